The number of methoxy groups -OCH3 is 1. The second-order valence-corrected chi connectivity index (χ2v) is 5.72. The number of hydrogen-bond donors (Lipinski definition) is 1. The van der Waals surface area contributed by atoms with Crippen LogP contribution in [0.15, 0.2) is 0 Å². The van der Waals surface area contributed by atoms with E-state index in [0.717, 1.165) is 44.9 Å². The van der Waals surface area contributed by atoms with E-state index in [9.17, 15) is 10.1 Å². The molecule has 100 valence electrons. The average Bonchev–Trinajstić information content (AvgIpc) is 2.35. The summed E-state index contributed by atoms with van der Waals surface area (Å²) in [5.41, 5.74) is -0.872. The third-order valence-electron chi connectivity index (χ3n) is 4.48. The highest BCUT2D eigenvalue weighted by molar-refractivity contribution is 5.78. The van der Waals surface area contributed by atoms with E-state index >= 15 is 0 Å². The zero-order chi connectivity index (χ0) is 13.1. The Morgan fingerprint density at radius 2 is 1.89 bits per heavy atom. The van der Waals surface area contributed by atoms with Crippen LogP contribution >= 0.6 is 0 Å². The topological polar surface area (TPSA) is 62.1 Å². The molecule has 0 aromatic rings. The van der Waals surface area contributed by atoms with Gasteiger partial charge in [0.2, 0.25) is 5.91 Å². The van der Waals surface area contributed by atoms with E-state index in [4.69, 9.17) is 4.74 Å². The Balaban J connectivity index is 1.91. The van der Waals surface area contributed by atoms with Crippen molar-refractivity contribution in [1.29, 1.82) is 5.26 Å². The van der Waals surface area contributed by atoms with Gasteiger partial charge in [-0.25, -0.2) is 0 Å². The van der Waals surface area contributed by atoms with Crippen LogP contribution in [0.1, 0.15) is 57.8 Å². The normalized spacial score (nSPS) is 24.7. The molecule has 4 nitrogen and oxygen atoms in total. The lowest BCUT2D eigenvalue weighted by molar-refractivity contribution is -0.135. The van der Waals surface area contributed by atoms with Crippen molar-refractivity contribution < 1.29 is 9.53 Å². The Labute approximate surface area is 109 Å². The zero-order valence-corrected chi connectivity index (χ0v) is 11.1. The van der Waals surface area contributed by atoms with Gasteiger partial charge in [0.1, 0.15) is 5.54 Å². The first-order valence-corrected chi connectivity index (χ1v) is 6.91. The number of ether oxygens (including phenoxy) is 1. The van der Waals surface area contributed by atoms with Crippen LogP contribution in [0.3, 0.4) is 0 Å². The highest BCUT2D eigenvalue weighted by atomic mass is 16.5. The summed E-state index contributed by atoms with van der Waals surface area (Å²) in [4.78, 5) is 12.1. The Hall–Kier alpha value is -1.08. The van der Waals surface area contributed by atoms with E-state index in [1.165, 1.54) is 6.42 Å². The highest BCUT2D eigenvalue weighted by Crippen LogP contribution is 2.38. The van der Waals surface area contributed by atoms with Crippen molar-refractivity contribution in [2.24, 2.45) is 0 Å². The molecule has 2 saturated carbocycles. The number of amides is 1. The van der Waals surface area contributed by atoms with Gasteiger partial charge < -0.3 is 10.1 Å². The maximum Gasteiger partial charge on any atom is 0.224 e. The van der Waals surface area contributed by atoms with Gasteiger partial charge in [0, 0.05) is 7.11 Å². The van der Waals surface area contributed by atoms with Gasteiger partial charge in [0.25, 0.3) is 0 Å². The first-order chi connectivity index (χ1) is 8.64. The van der Waals surface area contributed by atoms with E-state index in [-0.39, 0.29) is 11.5 Å². The maximum atomic E-state index is 12.1. The van der Waals surface area contributed by atoms with Crippen LogP contribution in [0.5, 0.6) is 0 Å². The predicted molar refractivity (Wildman–Crippen MR) is 67.8 cm³/mol. The van der Waals surface area contributed by atoms with Crippen molar-refractivity contribution in [2.75, 3.05) is 7.11 Å². The van der Waals surface area contributed by atoms with E-state index in [1.54, 1.807) is 7.11 Å². The highest BCUT2D eigenvalue weighted by Gasteiger charge is 2.41. The fourth-order valence-electron chi connectivity index (χ4n) is 3.05. The molecule has 0 spiro atoms. The molecule has 2 fully saturated rings. The summed E-state index contributed by atoms with van der Waals surface area (Å²) in [6.45, 7) is 0. The van der Waals surface area contributed by atoms with Crippen molar-refractivity contribution in [3.63, 3.8) is 0 Å². The van der Waals surface area contributed by atoms with Crippen molar-refractivity contribution in [1.82, 2.24) is 5.32 Å². The van der Waals surface area contributed by atoms with Crippen LogP contribution in [-0.4, -0.2) is 24.2 Å². The Bertz CT molecular complexity index is 344. The number of hydrogen-bond acceptors (Lipinski definition) is 3. The standard InChI is InChI=1S/C14H22N2O2/c1-18-14(8-5-9-14)10-12(17)16-13(11-15)6-3-2-4-7-13/h2-10H2,1H3,(H,16,17). The van der Waals surface area contributed by atoms with E-state index < -0.39 is 5.54 Å². The molecular formula is C14H22N2O2. The third kappa shape index (κ3) is 2.67. The molecule has 0 aliphatic heterocycles. The molecule has 0 radical (unpaired) electrons. The lowest BCUT2D eigenvalue weighted by Gasteiger charge is -2.41. The van der Waals surface area contributed by atoms with Crippen LogP contribution in [0.4, 0.5) is 0 Å². The average molecular weight is 250 g/mol. The number of rotatable bonds is 4. The molecule has 0 saturated heterocycles. The molecule has 4 heteroatoms. The lowest BCUT2D eigenvalue weighted by Crippen LogP contribution is -2.52. The molecule has 2 rings (SSSR count). The summed E-state index contributed by atoms with van der Waals surface area (Å²) in [5.74, 6) is -0.0278. The number of nitrogens with one attached hydrogen (secondary N) is 1. The minimum absolute atomic E-state index is 0.0278. The fourth-order valence-corrected chi connectivity index (χ4v) is 3.05. The van der Waals surface area contributed by atoms with E-state index in [0.29, 0.717) is 6.42 Å². The van der Waals surface area contributed by atoms with Gasteiger partial charge in [0.05, 0.1) is 18.1 Å². The summed E-state index contributed by atoms with van der Waals surface area (Å²) < 4.78 is 5.46. The largest absolute Gasteiger partial charge is 0.378 e. The predicted octanol–water partition coefficient (Wildman–Crippen LogP) is 2.29. The summed E-state index contributed by atoms with van der Waals surface area (Å²) in [5, 5.41) is 12.3. The molecule has 1 N–H and O–H groups in total. The fraction of sp³-hybridized carbons (Fsp3) is 0.857. The second-order valence-electron chi connectivity index (χ2n) is 5.72. The molecule has 0 unspecified atom stereocenters. The summed E-state index contributed by atoms with van der Waals surface area (Å²) in [6.07, 6.45) is 8.24. The van der Waals surface area contributed by atoms with Crippen LogP contribution < -0.4 is 5.32 Å². The van der Waals surface area contributed by atoms with Crippen LogP contribution in [0.25, 0.3) is 0 Å². The third-order valence-corrected chi connectivity index (χ3v) is 4.48. The first kappa shape index (κ1) is 13.4. The SMILES string of the molecule is COC1(CC(=O)NC2(C#N)CCCCC2)CCC1. The Morgan fingerprint density at radius 1 is 1.22 bits per heavy atom. The van der Waals surface area contributed by atoms with Crippen molar-refractivity contribution in [3.05, 3.63) is 0 Å². The van der Waals surface area contributed by atoms with Gasteiger partial charge in [-0.3, -0.25) is 4.79 Å². The minimum Gasteiger partial charge on any atom is -0.378 e. The Kier molecular flexibility index (Phi) is 3.91. The van der Waals surface area contributed by atoms with Crippen LogP contribution in [0, 0.1) is 11.3 Å². The molecule has 0 atom stereocenters. The number of carbonyl (C=O) groups excluding carboxylic acids is 1. The quantitative estimate of drug-likeness (QED) is 0.832. The smallest absolute Gasteiger partial charge is 0.224 e. The monoisotopic (exact) mass is 250 g/mol. The molecule has 0 bridgehead atoms. The zero-order valence-electron chi connectivity index (χ0n) is 11.1. The molecule has 18 heavy (non-hydrogen) atoms. The van der Waals surface area contributed by atoms with Gasteiger partial charge in [-0.15, -0.1) is 0 Å². The number of nitrogens with zero attached hydrogens (tertiary/aromatic N) is 1. The van der Waals surface area contributed by atoms with Gasteiger partial charge in [-0.05, 0) is 32.1 Å². The Morgan fingerprint density at radius 3 is 2.33 bits per heavy atom. The van der Waals surface area contributed by atoms with Gasteiger partial charge >= 0.3 is 0 Å². The van der Waals surface area contributed by atoms with E-state index in [1.807, 2.05) is 0 Å². The van der Waals surface area contributed by atoms with Crippen molar-refractivity contribution in [2.45, 2.75) is 68.9 Å². The summed E-state index contributed by atoms with van der Waals surface area (Å²) >= 11 is 0. The number of nitriles is 1. The molecule has 0 heterocycles. The summed E-state index contributed by atoms with van der Waals surface area (Å²) in [6, 6.07) is 2.32. The lowest BCUT2D eigenvalue weighted by atomic mass is 9.76. The first-order valence-electron chi connectivity index (χ1n) is 6.91. The molecule has 2 aliphatic rings. The molecule has 0 aromatic heterocycles. The van der Waals surface area contributed by atoms with Gasteiger partial charge in [0.15, 0.2) is 0 Å². The minimum atomic E-state index is -0.617. The van der Waals surface area contributed by atoms with Crippen molar-refractivity contribution >= 4 is 5.91 Å². The number of carbonyl (C=O) groups is 1. The van der Waals surface area contributed by atoms with Crippen LogP contribution in [-0.2, 0) is 9.53 Å². The molecule has 2 aliphatic carbocycles. The van der Waals surface area contributed by atoms with Gasteiger partial charge in [-0.1, -0.05) is 19.3 Å². The van der Waals surface area contributed by atoms with Crippen molar-refractivity contribution in [3.8, 4) is 6.07 Å². The molecular weight excluding hydrogens is 228 g/mol. The van der Waals surface area contributed by atoms with Gasteiger partial charge in [-0.2, -0.15) is 5.26 Å². The van der Waals surface area contributed by atoms with E-state index in [2.05, 4.69) is 11.4 Å². The second kappa shape index (κ2) is 5.27. The summed E-state index contributed by atoms with van der Waals surface area (Å²) in [7, 11) is 1.67. The van der Waals surface area contributed by atoms with Crippen LogP contribution in [0.2, 0.25) is 0 Å². The molecule has 0 aromatic carbocycles. The maximum absolute atomic E-state index is 12.1. The molecule has 1 amide bonds.